The molecule has 0 saturated heterocycles. The number of hydrogen-bond donors (Lipinski definition) is 3. The monoisotopic (exact) mass is 183 g/mol. The topological polar surface area (TPSA) is 104 Å². The summed E-state index contributed by atoms with van der Waals surface area (Å²) in [6.45, 7) is 0.0229. The number of amides is 1. The van der Waals surface area contributed by atoms with Gasteiger partial charge in [-0.05, 0) is 6.42 Å². The van der Waals surface area contributed by atoms with Crippen LogP contribution in [-0.4, -0.2) is 36.5 Å². The van der Waals surface area contributed by atoms with Crippen LogP contribution in [-0.2, 0) is 10.1 Å². The van der Waals surface area contributed by atoms with E-state index in [1.54, 1.807) is 0 Å². The maximum Gasteiger partial charge on any atom is 0.404 e. The molecule has 0 fully saturated rings. The second kappa shape index (κ2) is 4.14. The lowest BCUT2D eigenvalue weighted by Crippen LogP contribution is -2.23. The number of carbonyl (C=O) groups is 1. The van der Waals surface area contributed by atoms with Crippen LogP contribution in [0.25, 0.3) is 0 Å². The van der Waals surface area contributed by atoms with Gasteiger partial charge >= 0.3 is 6.09 Å². The lowest BCUT2D eigenvalue weighted by molar-refractivity contribution is 0.194. The van der Waals surface area contributed by atoms with Gasteiger partial charge < -0.3 is 10.4 Å². The van der Waals surface area contributed by atoms with Crippen molar-refractivity contribution in [2.45, 2.75) is 6.42 Å². The van der Waals surface area contributed by atoms with Gasteiger partial charge in [-0.3, -0.25) is 4.55 Å². The van der Waals surface area contributed by atoms with E-state index in [4.69, 9.17) is 9.66 Å². The van der Waals surface area contributed by atoms with Crippen LogP contribution >= 0.6 is 0 Å². The highest BCUT2D eigenvalue weighted by molar-refractivity contribution is 7.85. The highest BCUT2D eigenvalue weighted by Crippen LogP contribution is 1.85. The molecule has 0 aromatic carbocycles. The molecule has 0 aliphatic heterocycles. The maximum atomic E-state index is 10.1. The van der Waals surface area contributed by atoms with E-state index in [0.29, 0.717) is 0 Å². The van der Waals surface area contributed by atoms with E-state index in [2.05, 4.69) is 0 Å². The smallest absolute Gasteiger partial charge is 0.404 e. The quantitative estimate of drug-likeness (QED) is 0.404. The lowest BCUT2D eigenvalue weighted by Gasteiger charge is -1.97. The van der Waals surface area contributed by atoms with E-state index in [1.165, 1.54) is 0 Å². The van der Waals surface area contributed by atoms with E-state index < -0.39 is 22.0 Å². The van der Waals surface area contributed by atoms with Gasteiger partial charge in [0.25, 0.3) is 10.1 Å². The van der Waals surface area contributed by atoms with Gasteiger partial charge in [0.1, 0.15) is 0 Å². The zero-order valence-electron chi connectivity index (χ0n) is 5.65. The zero-order valence-corrected chi connectivity index (χ0v) is 6.47. The van der Waals surface area contributed by atoms with Crippen LogP contribution in [0.2, 0.25) is 0 Å². The average molecular weight is 183 g/mol. The molecule has 11 heavy (non-hydrogen) atoms. The van der Waals surface area contributed by atoms with Crippen molar-refractivity contribution in [2.75, 3.05) is 12.3 Å². The van der Waals surface area contributed by atoms with Gasteiger partial charge in [0.15, 0.2) is 0 Å². The van der Waals surface area contributed by atoms with Crippen molar-refractivity contribution < 1.29 is 22.9 Å². The summed E-state index contributed by atoms with van der Waals surface area (Å²) in [5.41, 5.74) is 0. The lowest BCUT2D eigenvalue weighted by atomic mass is 10.5. The van der Waals surface area contributed by atoms with Crippen molar-refractivity contribution in [1.29, 1.82) is 0 Å². The maximum absolute atomic E-state index is 10.1. The molecule has 0 atom stereocenters. The largest absolute Gasteiger partial charge is 0.465 e. The molecule has 6 nitrogen and oxygen atoms in total. The predicted octanol–water partition coefficient (Wildman–Crippen LogP) is -0.468. The predicted molar refractivity (Wildman–Crippen MR) is 37.1 cm³/mol. The van der Waals surface area contributed by atoms with Crippen LogP contribution in [0.15, 0.2) is 0 Å². The molecule has 0 saturated carbocycles. The summed E-state index contributed by atoms with van der Waals surface area (Å²) in [6.07, 6.45) is -1.13. The molecule has 0 rings (SSSR count). The van der Waals surface area contributed by atoms with Gasteiger partial charge in [0.05, 0.1) is 5.75 Å². The first-order chi connectivity index (χ1) is 4.92. The third kappa shape index (κ3) is 9.18. The fourth-order valence-electron chi connectivity index (χ4n) is 0.450. The van der Waals surface area contributed by atoms with Crippen molar-refractivity contribution in [1.82, 2.24) is 5.32 Å². The molecule has 0 radical (unpaired) electrons. The minimum Gasteiger partial charge on any atom is -0.465 e. The molecular formula is C4H9NO5S. The van der Waals surface area contributed by atoms with Crippen molar-refractivity contribution in [2.24, 2.45) is 0 Å². The Morgan fingerprint density at radius 1 is 1.45 bits per heavy atom. The minimum absolute atomic E-state index is 0.0229. The first-order valence-corrected chi connectivity index (χ1v) is 4.45. The van der Waals surface area contributed by atoms with Crippen molar-refractivity contribution >= 4 is 16.2 Å². The number of carboxylic acid groups (broad SMARTS) is 1. The van der Waals surface area contributed by atoms with Crippen LogP contribution in [0.5, 0.6) is 0 Å². The highest BCUT2D eigenvalue weighted by Gasteiger charge is 2.03. The number of rotatable bonds is 4. The molecule has 3 N–H and O–H groups in total. The van der Waals surface area contributed by atoms with Crippen molar-refractivity contribution in [3.8, 4) is 0 Å². The summed E-state index contributed by atoms with van der Waals surface area (Å²) in [4.78, 5) is 9.80. The van der Waals surface area contributed by atoms with Crippen LogP contribution in [0.4, 0.5) is 4.79 Å². The highest BCUT2D eigenvalue weighted by atomic mass is 32.2. The Kier molecular flexibility index (Phi) is 3.83. The summed E-state index contributed by atoms with van der Waals surface area (Å²) < 4.78 is 28.3. The van der Waals surface area contributed by atoms with Gasteiger partial charge in [-0.1, -0.05) is 0 Å². The molecule has 7 heteroatoms. The standard InChI is InChI=1S/C4H9NO5S/c6-4(7)5-2-1-3-11(8,9)10/h5H,1-3H2,(H,6,7)(H,8,9,10). The Bertz CT molecular complexity index is 221. The van der Waals surface area contributed by atoms with Crippen LogP contribution in [0.1, 0.15) is 6.42 Å². The third-order valence-electron chi connectivity index (χ3n) is 0.855. The summed E-state index contributed by atoms with van der Waals surface area (Å²) in [7, 11) is -3.95. The second-order valence-corrected chi connectivity index (χ2v) is 3.44. The summed E-state index contributed by atoms with van der Waals surface area (Å²) in [5, 5.41) is 9.98. The second-order valence-electron chi connectivity index (χ2n) is 1.87. The normalized spacial score (nSPS) is 11.0. The van der Waals surface area contributed by atoms with Gasteiger partial charge in [-0.2, -0.15) is 8.42 Å². The average Bonchev–Trinajstić information content (AvgIpc) is 1.78. The van der Waals surface area contributed by atoms with Crippen LogP contribution in [0.3, 0.4) is 0 Å². The van der Waals surface area contributed by atoms with E-state index in [-0.39, 0.29) is 13.0 Å². The SMILES string of the molecule is O=C(O)NCCCS(=O)(=O)O. The zero-order chi connectivity index (χ0) is 8.91. The fourth-order valence-corrected chi connectivity index (χ4v) is 0.959. The number of nitrogens with one attached hydrogen (secondary N) is 1. The Balaban J connectivity index is 3.37. The molecule has 0 aromatic heterocycles. The molecule has 0 bridgehead atoms. The molecule has 1 amide bonds. The number of hydrogen-bond acceptors (Lipinski definition) is 3. The van der Waals surface area contributed by atoms with Crippen molar-refractivity contribution in [3.63, 3.8) is 0 Å². The van der Waals surface area contributed by atoms with Crippen molar-refractivity contribution in [3.05, 3.63) is 0 Å². The molecular weight excluding hydrogens is 174 g/mol. The first-order valence-electron chi connectivity index (χ1n) is 2.84. The molecule has 0 heterocycles. The molecule has 66 valence electrons. The van der Waals surface area contributed by atoms with Gasteiger partial charge in [0.2, 0.25) is 0 Å². The Morgan fingerprint density at radius 3 is 2.36 bits per heavy atom. The van der Waals surface area contributed by atoms with E-state index in [1.807, 2.05) is 5.32 Å². The van der Waals surface area contributed by atoms with Gasteiger partial charge in [-0.15, -0.1) is 0 Å². The molecule has 0 aromatic rings. The van der Waals surface area contributed by atoms with Crippen LogP contribution < -0.4 is 5.32 Å². The van der Waals surface area contributed by atoms with E-state index in [9.17, 15) is 13.2 Å². The van der Waals surface area contributed by atoms with E-state index in [0.717, 1.165) is 0 Å². The van der Waals surface area contributed by atoms with E-state index >= 15 is 0 Å². The Morgan fingerprint density at radius 2 is 2.00 bits per heavy atom. The first kappa shape index (κ1) is 10.2. The van der Waals surface area contributed by atoms with Gasteiger partial charge in [0, 0.05) is 6.54 Å². The Hall–Kier alpha value is -0.820. The summed E-state index contributed by atoms with van der Waals surface area (Å²) in [5.74, 6) is -0.423. The summed E-state index contributed by atoms with van der Waals surface area (Å²) in [6, 6.07) is 0. The molecule has 0 spiro atoms. The molecule has 0 aliphatic rings. The van der Waals surface area contributed by atoms with Crippen LogP contribution in [0, 0.1) is 0 Å². The summed E-state index contributed by atoms with van der Waals surface area (Å²) >= 11 is 0. The minimum atomic E-state index is -3.95. The fraction of sp³-hybridized carbons (Fsp3) is 0.750. The Labute approximate surface area is 64.0 Å². The molecule has 0 unspecified atom stereocenters. The molecule has 0 aliphatic carbocycles. The third-order valence-corrected chi connectivity index (χ3v) is 1.66. The van der Waals surface area contributed by atoms with Gasteiger partial charge in [-0.25, -0.2) is 4.79 Å².